The average molecular weight is 380 g/mol. The van der Waals surface area contributed by atoms with Crippen LogP contribution < -0.4 is 4.90 Å². The van der Waals surface area contributed by atoms with Crippen LogP contribution in [0.2, 0.25) is 0 Å². The van der Waals surface area contributed by atoms with Crippen LogP contribution in [0.1, 0.15) is 48.3 Å². The number of aromatic nitrogens is 3. The molecule has 3 aromatic rings. The highest BCUT2D eigenvalue weighted by atomic mass is 16.1. The maximum absolute atomic E-state index is 12.2. The third kappa shape index (κ3) is 3.22. The van der Waals surface area contributed by atoms with Crippen LogP contribution >= 0.6 is 0 Å². The molecule has 0 spiro atoms. The van der Waals surface area contributed by atoms with Crippen molar-refractivity contribution in [1.29, 1.82) is 0 Å². The number of carbonyl (C=O) groups is 1. The molecule has 2 N–H and O–H groups in total. The van der Waals surface area contributed by atoms with Gasteiger partial charge in [-0.1, -0.05) is 13.8 Å². The number of nitrogens with one attached hydrogen (secondary N) is 2. The number of benzene rings is 1. The molecule has 148 valence electrons. The van der Waals surface area contributed by atoms with Gasteiger partial charge in [0.1, 0.15) is 0 Å². The predicted octanol–water partition coefficient (Wildman–Crippen LogP) is 3.94. The number of fused-ring (bicyclic) bond motifs is 1. The smallest absolute Gasteiger partial charge is 0.161 e. The van der Waals surface area contributed by atoms with Gasteiger partial charge in [0.25, 0.3) is 0 Å². The highest BCUT2D eigenvalue weighted by Gasteiger charge is 2.23. The Bertz CT molecular complexity index is 1020. The Morgan fingerprint density at radius 3 is 2.50 bits per heavy atom. The van der Waals surface area contributed by atoms with Gasteiger partial charge in [0.05, 0.1) is 16.7 Å². The van der Waals surface area contributed by atoms with E-state index in [4.69, 9.17) is 4.98 Å². The number of H-pyrrole nitrogens is 2. The average Bonchev–Trinajstić information content (AvgIpc) is 3.22. The Morgan fingerprint density at radius 1 is 1.14 bits per heavy atom. The maximum Gasteiger partial charge on any atom is 0.161 e. The van der Waals surface area contributed by atoms with E-state index in [1.165, 1.54) is 5.69 Å². The number of imidazole rings is 1. The molecule has 3 heterocycles. The van der Waals surface area contributed by atoms with Crippen molar-refractivity contribution in [3.05, 3.63) is 35.0 Å². The number of piperazine rings is 1. The van der Waals surface area contributed by atoms with E-state index in [2.05, 4.69) is 58.9 Å². The number of rotatable bonds is 4. The number of hydrogen-bond donors (Lipinski definition) is 2. The fourth-order valence-electron chi connectivity index (χ4n) is 4.24. The highest BCUT2D eigenvalue weighted by molar-refractivity contribution is 5.99. The number of aryl methyl sites for hydroxylation is 1. The van der Waals surface area contributed by atoms with E-state index in [-0.39, 0.29) is 11.7 Å². The van der Waals surface area contributed by atoms with Crippen LogP contribution in [-0.2, 0) is 0 Å². The summed E-state index contributed by atoms with van der Waals surface area (Å²) in [6.07, 6.45) is 0. The van der Waals surface area contributed by atoms with Crippen molar-refractivity contribution in [3.63, 3.8) is 0 Å². The first-order chi connectivity index (χ1) is 13.3. The first-order valence-corrected chi connectivity index (χ1v) is 10.0. The van der Waals surface area contributed by atoms with Gasteiger partial charge in [-0.3, -0.25) is 4.79 Å². The van der Waals surface area contributed by atoms with Gasteiger partial charge in [-0.05, 0) is 50.6 Å². The van der Waals surface area contributed by atoms with Gasteiger partial charge in [0.2, 0.25) is 0 Å². The molecule has 0 atom stereocenters. The Morgan fingerprint density at radius 2 is 1.86 bits per heavy atom. The van der Waals surface area contributed by atoms with Crippen molar-refractivity contribution in [2.24, 2.45) is 0 Å². The molecule has 2 aromatic heterocycles. The lowest BCUT2D eigenvalue weighted by Crippen LogP contribution is -2.44. The molecule has 28 heavy (non-hydrogen) atoms. The molecule has 1 aliphatic heterocycles. The first-order valence-electron chi connectivity index (χ1n) is 10.0. The van der Waals surface area contributed by atoms with Gasteiger partial charge in [-0.2, -0.15) is 0 Å². The standard InChI is InChI=1S/C22H29N5O/c1-13(2)19-20(15(4)28)14(3)23-21(19)22-24-17-7-6-16(12-18(17)25-22)27-10-8-26(5)9-11-27/h6-7,12-13,23H,8-11H2,1-5H3,(H,24,25). The van der Waals surface area contributed by atoms with E-state index in [9.17, 15) is 4.79 Å². The van der Waals surface area contributed by atoms with Crippen LogP contribution in [-0.4, -0.2) is 58.9 Å². The van der Waals surface area contributed by atoms with Crippen molar-refractivity contribution in [2.45, 2.75) is 33.6 Å². The summed E-state index contributed by atoms with van der Waals surface area (Å²) in [6.45, 7) is 12.1. The molecule has 1 aliphatic rings. The molecule has 6 nitrogen and oxygen atoms in total. The number of carbonyl (C=O) groups excluding carboxylic acids is 1. The quantitative estimate of drug-likeness (QED) is 0.674. The SMILES string of the molecule is CC(=O)c1c(C)[nH]c(-c2nc3ccc(N4CCN(C)CC4)cc3[nH]2)c1C(C)C. The van der Waals surface area contributed by atoms with Gasteiger partial charge in [0.15, 0.2) is 11.6 Å². The van der Waals surface area contributed by atoms with E-state index in [1.807, 2.05) is 6.92 Å². The van der Waals surface area contributed by atoms with Crippen molar-refractivity contribution in [1.82, 2.24) is 19.9 Å². The number of ketones is 1. The normalized spacial score (nSPS) is 15.7. The zero-order valence-corrected chi connectivity index (χ0v) is 17.4. The monoisotopic (exact) mass is 379 g/mol. The molecule has 0 amide bonds. The van der Waals surface area contributed by atoms with Crippen LogP contribution in [0.5, 0.6) is 0 Å². The highest BCUT2D eigenvalue weighted by Crippen LogP contribution is 2.34. The van der Waals surface area contributed by atoms with Crippen LogP contribution in [0.15, 0.2) is 18.2 Å². The van der Waals surface area contributed by atoms with Crippen LogP contribution in [0.25, 0.3) is 22.6 Å². The topological polar surface area (TPSA) is 68.0 Å². The van der Waals surface area contributed by atoms with Crippen LogP contribution in [0.3, 0.4) is 0 Å². The van der Waals surface area contributed by atoms with Gasteiger partial charge < -0.3 is 19.8 Å². The number of anilines is 1. The van der Waals surface area contributed by atoms with Gasteiger partial charge >= 0.3 is 0 Å². The Hall–Kier alpha value is -2.60. The molecular weight excluding hydrogens is 350 g/mol. The van der Waals surface area contributed by atoms with E-state index in [1.54, 1.807) is 6.92 Å². The number of nitrogens with zero attached hydrogens (tertiary/aromatic N) is 3. The summed E-state index contributed by atoms with van der Waals surface area (Å²) in [6, 6.07) is 6.43. The fraction of sp³-hybridized carbons (Fsp3) is 0.455. The second-order valence-electron chi connectivity index (χ2n) is 8.20. The molecule has 0 aliphatic carbocycles. The zero-order chi connectivity index (χ0) is 20.0. The summed E-state index contributed by atoms with van der Waals surface area (Å²) in [7, 11) is 2.17. The maximum atomic E-state index is 12.2. The third-order valence-corrected chi connectivity index (χ3v) is 5.73. The minimum Gasteiger partial charge on any atom is -0.369 e. The second-order valence-corrected chi connectivity index (χ2v) is 8.20. The summed E-state index contributed by atoms with van der Waals surface area (Å²) < 4.78 is 0. The summed E-state index contributed by atoms with van der Waals surface area (Å²) in [5, 5.41) is 0. The molecule has 1 aromatic carbocycles. The van der Waals surface area contributed by atoms with Gasteiger partial charge in [0, 0.05) is 43.1 Å². The molecule has 1 fully saturated rings. The van der Waals surface area contributed by atoms with E-state index in [0.717, 1.165) is 65.6 Å². The third-order valence-electron chi connectivity index (χ3n) is 5.73. The molecule has 4 rings (SSSR count). The Kier molecular flexibility index (Phi) is 4.75. The lowest BCUT2D eigenvalue weighted by atomic mass is 9.95. The molecule has 0 saturated carbocycles. The summed E-state index contributed by atoms with van der Waals surface area (Å²) >= 11 is 0. The lowest BCUT2D eigenvalue weighted by Gasteiger charge is -2.34. The van der Waals surface area contributed by atoms with Crippen molar-refractivity contribution in [2.75, 3.05) is 38.1 Å². The molecule has 6 heteroatoms. The largest absolute Gasteiger partial charge is 0.369 e. The van der Waals surface area contributed by atoms with Crippen LogP contribution in [0, 0.1) is 6.92 Å². The van der Waals surface area contributed by atoms with Crippen molar-refractivity contribution in [3.8, 4) is 11.5 Å². The molecule has 0 unspecified atom stereocenters. The lowest BCUT2D eigenvalue weighted by molar-refractivity contribution is 0.101. The second kappa shape index (κ2) is 7.09. The number of likely N-dealkylation sites (N-methyl/N-ethyl adjacent to an activating group) is 1. The van der Waals surface area contributed by atoms with Crippen LogP contribution in [0.4, 0.5) is 5.69 Å². The van der Waals surface area contributed by atoms with E-state index in [0.29, 0.717) is 0 Å². The van der Waals surface area contributed by atoms with Crippen molar-refractivity contribution < 1.29 is 4.79 Å². The summed E-state index contributed by atoms with van der Waals surface area (Å²) in [5.41, 5.74) is 6.87. The molecule has 0 bridgehead atoms. The Balaban J connectivity index is 1.75. The number of Topliss-reactive ketones (excluding diaryl/α,β-unsaturated/α-hetero) is 1. The van der Waals surface area contributed by atoms with Gasteiger partial charge in [-0.15, -0.1) is 0 Å². The summed E-state index contributed by atoms with van der Waals surface area (Å²) in [4.78, 5) is 28.7. The van der Waals surface area contributed by atoms with Crippen molar-refractivity contribution >= 4 is 22.5 Å². The number of hydrogen-bond acceptors (Lipinski definition) is 4. The molecule has 0 radical (unpaired) electrons. The Labute approximate surface area is 165 Å². The fourth-order valence-corrected chi connectivity index (χ4v) is 4.24. The minimum atomic E-state index is 0.0946. The first kappa shape index (κ1) is 18.7. The summed E-state index contributed by atoms with van der Waals surface area (Å²) in [5.74, 6) is 1.12. The predicted molar refractivity (Wildman–Crippen MR) is 114 cm³/mol. The minimum absolute atomic E-state index is 0.0946. The van der Waals surface area contributed by atoms with E-state index >= 15 is 0 Å². The molecule has 1 saturated heterocycles. The zero-order valence-electron chi connectivity index (χ0n) is 17.4. The van der Waals surface area contributed by atoms with Gasteiger partial charge in [-0.25, -0.2) is 4.98 Å². The van der Waals surface area contributed by atoms with E-state index < -0.39 is 0 Å². The number of aromatic amines is 2. The molecular formula is C22H29N5O.